The molecule has 0 spiro atoms. The third-order valence-electron chi connectivity index (χ3n) is 4.01. The summed E-state index contributed by atoms with van der Waals surface area (Å²) in [5, 5.41) is 3.27. The van der Waals surface area contributed by atoms with Gasteiger partial charge in [0.2, 0.25) is 0 Å². The van der Waals surface area contributed by atoms with Gasteiger partial charge in [0, 0.05) is 11.6 Å². The Kier molecular flexibility index (Phi) is 4.89. The number of hydrogen-bond donors (Lipinski definition) is 1. The van der Waals surface area contributed by atoms with Gasteiger partial charge in [-0.05, 0) is 51.1 Å². The van der Waals surface area contributed by atoms with Crippen molar-refractivity contribution in [1.82, 2.24) is 5.32 Å². The molecule has 2 aromatic carbocycles. The Morgan fingerprint density at radius 1 is 1.23 bits per heavy atom. The topological polar surface area (TPSA) is 56.8 Å². The van der Waals surface area contributed by atoms with Crippen molar-refractivity contribution in [3.63, 3.8) is 0 Å². The van der Waals surface area contributed by atoms with Crippen molar-refractivity contribution in [3.05, 3.63) is 59.7 Å². The van der Waals surface area contributed by atoms with Gasteiger partial charge in [-0.1, -0.05) is 12.1 Å². The highest BCUT2D eigenvalue weighted by molar-refractivity contribution is 6.10. The van der Waals surface area contributed by atoms with Crippen molar-refractivity contribution < 1.29 is 19.0 Å². The Balaban J connectivity index is 2.04. The predicted molar refractivity (Wildman–Crippen MR) is 101 cm³/mol. The van der Waals surface area contributed by atoms with Gasteiger partial charge in [-0.3, -0.25) is 4.79 Å². The van der Waals surface area contributed by atoms with E-state index >= 15 is 0 Å². The zero-order chi connectivity index (χ0) is 18.7. The summed E-state index contributed by atoms with van der Waals surface area (Å²) < 4.78 is 16.8. The van der Waals surface area contributed by atoms with Crippen molar-refractivity contribution in [3.8, 4) is 17.2 Å². The highest BCUT2D eigenvalue weighted by atomic mass is 16.5. The summed E-state index contributed by atoms with van der Waals surface area (Å²) in [4.78, 5) is 12.9. The first-order valence-electron chi connectivity index (χ1n) is 8.57. The molecular formula is C21H23NO4. The van der Waals surface area contributed by atoms with Gasteiger partial charge in [-0.15, -0.1) is 0 Å². The molecule has 1 N–H and O–H groups in total. The molecule has 0 fully saturated rings. The van der Waals surface area contributed by atoms with Crippen LogP contribution < -0.4 is 19.5 Å². The van der Waals surface area contributed by atoms with Gasteiger partial charge in [0.1, 0.15) is 17.2 Å². The maximum atomic E-state index is 12.9. The lowest BCUT2D eigenvalue weighted by Crippen LogP contribution is -2.46. The average Bonchev–Trinajstić information content (AvgIpc) is 2.61. The van der Waals surface area contributed by atoms with Crippen molar-refractivity contribution >= 4 is 11.5 Å². The third-order valence-corrected chi connectivity index (χ3v) is 4.01. The number of carbonyl (C=O) groups is 1. The Morgan fingerprint density at radius 2 is 2.00 bits per heavy atom. The molecule has 5 nitrogen and oxygen atoms in total. The first-order chi connectivity index (χ1) is 12.4. The molecule has 0 saturated carbocycles. The minimum absolute atomic E-state index is 0.136. The third kappa shape index (κ3) is 3.67. The molecule has 5 heteroatoms. The summed E-state index contributed by atoms with van der Waals surface area (Å²) in [6, 6.07) is 12.8. The minimum atomic E-state index is -0.632. The van der Waals surface area contributed by atoms with Crippen molar-refractivity contribution in [2.24, 2.45) is 0 Å². The number of fused-ring (bicyclic) bond motifs is 1. The van der Waals surface area contributed by atoms with Crippen LogP contribution in [-0.4, -0.2) is 25.2 Å². The zero-order valence-electron chi connectivity index (χ0n) is 15.5. The number of carbonyl (C=O) groups excluding carboxylic acids is 1. The van der Waals surface area contributed by atoms with E-state index in [0.717, 1.165) is 5.56 Å². The van der Waals surface area contributed by atoms with E-state index in [0.29, 0.717) is 35.1 Å². The number of methoxy groups -OCH3 is 1. The molecule has 0 atom stereocenters. The van der Waals surface area contributed by atoms with Crippen LogP contribution in [0.5, 0.6) is 17.2 Å². The summed E-state index contributed by atoms with van der Waals surface area (Å²) in [6.07, 6.45) is 1.58. The van der Waals surface area contributed by atoms with Gasteiger partial charge < -0.3 is 19.5 Å². The number of allylic oxidation sites excluding steroid dienone is 1. The quantitative estimate of drug-likeness (QED) is 0.649. The molecule has 0 aromatic heterocycles. The SMILES string of the molecule is CCOc1ccccc1C(=O)/C=C1\NC(C)(C)Oc2ccc(OC)cc21. The smallest absolute Gasteiger partial charge is 0.191 e. The van der Waals surface area contributed by atoms with E-state index in [1.54, 1.807) is 25.3 Å². The molecule has 1 aliphatic rings. The van der Waals surface area contributed by atoms with E-state index in [9.17, 15) is 4.79 Å². The Morgan fingerprint density at radius 3 is 2.73 bits per heavy atom. The summed E-state index contributed by atoms with van der Waals surface area (Å²) in [7, 11) is 1.61. The van der Waals surface area contributed by atoms with Gasteiger partial charge in [0.25, 0.3) is 0 Å². The molecule has 0 saturated heterocycles. The summed E-state index contributed by atoms with van der Waals surface area (Å²) in [6.45, 7) is 6.21. The number of rotatable bonds is 5. The predicted octanol–water partition coefficient (Wildman–Crippen LogP) is 4.04. The van der Waals surface area contributed by atoms with E-state index in [2.05, 4.69) is 5.32 Å². The minimum Gasteiger partial charge on any atom is -0.497 e. The van der Waals surface area contributed by atoms with Crippen LogP contribution in [0, 0.1) is 0 Å². The highest BCUT2D eigenvalue weighted by Crippen LogP contribution is 2.36. The molecule has 136 valence electrons. The lowest BCUT2D eigenvalue weighted by molar-refractivity contribution is 0.0815. The fourth-order valence-electron chi connectivity index (χ4n) is 2.90. The van der Waals surface area contributed by atoms with Crippen LogP contribution in [-0.2, 0) is 0 Å². The van der Waals surface area contributed by atoms with Crippen LogP contribution in [0.25, 0.3) is 5.70 Å². The van der Waals surface area contributed by atoms with Crippen LogP contribution >= 0.6 is 0 Å². The maximum Gasteiger partial charge on any atom is 0.191 e. The van der Waals surface area contributed by atoms with Crippen molar-refractivity contribution in [2.45, 2.75) is 26.5 Å². The number of nitrogens with one attached hydrogen (secondary N) is 1. The lowest BCUT2D eigenvalue weighted by Gasteiger charge is -2.36. The van der Waals surface area contributed by atoms with Gasteiger partial charge in [0.05, 0.1) is 25.0 Å². The second-order valence-electron chi connectivity index (χ2n) is 6.45. The molecule has 3 rings (SSSR count). The largest absolute Gasteiger partial charge is 0.497 e. The normalized spacial score (nSPS) is 16.2. The van der Waals surface area contributed by atoms with Crippen LogP contribution in [0.15, 0.2) is 48.5 Å². The highest BCUT2D eigenvalue weighted by Gasteiger charge is 2.30. The van der Waals surface area contributed by atoms with Crippen molar-refractivity contribution in [1.29, 1.82) is 0 Å². The molecule has 2 aromatic rings. The van der Waals surface area contributed by atoms with Gasteiger partial charge >= 0.3 is 0 Å². The molecule has 0 amide bonds. The molecule has 0 bridgehead atoms. The zero-order valence-corrected chi connectivity index (χ0v) is 15.5. The van der Waals surface area contributed by atoms with E-state index in [4.69, 9.17) is 14.2 Å². The Hall–Kier alpha value is -2.95. The first kappa shape index (κ1) is 17.9. The number of hydrogen-bond acceptors (Lipinski definition) is 5. The van der Waals surface area contributed by atoms with Gasteiger partial charge in [-0.25, -0.2) is 0 Å². The van der Waals surface area contributed by atoms with Crippen molar-refractivity contribution in [2.75, 3.05) is 13.7 Å². The number of ketones is 1. The van der Waals surface area contributed by atoms with E-state index < -0.39 is 5.72 Å². The molecule has 0 unspecified atom stereocenters. The van der Waals surface area contributed by atoms with E-state index in [1.807, 2.05) is 51.1 Å². The fourth-order valence-corrected chi connectivity index (χ4v) is 2.90. The molecule has 1 heterocycles. The summed E-state index contributed by atoms with van der Waals surface area (Å²) in [5.41, 5.74) is 1.36. The van der Waals surface area contributed by atoms with Crippen LogP contribution in [0.2, 0.25) is 0 Å². The molecular weight excluding hydrogens is 330 g/mol. The van der Waals surface area contributed by atoms with Crippen LogP contribution in [0.4, 0.5) is 0 Å². The molecule has 26 heavy (non-hydrogen) atoms. The number of ether oxygens (including phenoxy) is 3. The molecule has 1 aliphatic heterocycles. The Bertz CT molecular complexity index is 855. The van der Waals surface area contributed by atoms with E-state index in [1.165, 1.54) is 0 Å². The van der Waals surface area contributed by atoms with E-state index in [-0.39, 0.29) is 5.78 Å². The Labute approximate surface area is 153 Å². The number of benzene rings is 2. The van der Waals surface area contributed by atoms with Gasteiger partial charge in [0.15, 0.2) is 11.5 Å². The number of para-hydroxylation sites is 1. The van der Waals surface area contributed by atoms with Gasteiger partial charge in [-0.2, -0.15) is 0 Å². The average molecular weight is 353 g/mol. The fraction of sp³-hybridized carbons (Fsp3) is 0.286. The second-order valence-corrected chi connectivity index (χ2v) is 6.45. The summed E-state index contributed by atoms with van der Waals surface area (Å²) >= 11 is 0. The molecule has 0 aliphatic carbocycles. The van der Waals surface area contributed by atoms with Crippen LogP contribution in [0.1, 0.15) is 36.7 Å². The molecule has 0 radical (unpaired) electrons. The summed E-state index contributed by atoms with van der Waals surface area (Å²) in [5.74, 6) is 1.84. The lowest BCUT2D eigenvalue weighted by atomic mass is 10.0. The van der Waals surface area contributed by atoms with Crippen LogP contribution in [0.3, 0.4) is 0 Å². The maximum absolute atomic E-state index is 12.9. The first-order valence-corrected chi connectivity index (χ1v) is 8.57. The monoisotopic (exact) mass is 353 g/mol. The second kappa shape index (κ2) is 7.12. The standard InChI is InChI=1S/C21H23NO4/c1-5-25-19-9-7-6-8-15(19)18(23)13-17-16-12-14(24-4)10-11-20(16)26-21(2,3)22-17/h6-13,22H,5H2,1-4H3/b17-13-.